The molecule has 1 aliphatic heterocycles. The molecule has 1 fully saturated rings. The normalized spacial score (nSPS) is 19.8. The van der Waals surface area contributed by atoms with Crippen molar-refractivity contribution >= 4 is 23.6 Å². The van der Waals surface area contributed by atoms with Crippen molar-refractivity contribution in [3.05, 3.63) is 29.8 Å². The lowest BCUT2D eigenvalue weighted by Crippen LogP contribution is -3.16. The monoisotopic (exact) mass is 378 g/mol. The van der Waals surface area contributed by atoms with Crippen LogP contribution in [0.2, 0.25) is 0 Å². The van der Waals surface area contributed by atoms with E-state index in [1.54, 1.807) is 23.9 Å². The molecule has 6 heteroatoms. The van der Waals surface area contributed by atoms with Gasteiger partial charge in [0.15, 0.2) is 0 Å². The Morgan fingerprint density at radius 2 is 2.04 bits per heavy atom. The van der Waals surface area contributed by atoms with Crippen LogP contribution >= 0.6 is 11.8 Å². The number of hydrogen-bond acceptors (Lipinski definition) is 3. The highest BCUT2D eigenvalue weighted by molar-refractivity contribution is 8.00. The van der Waals surface area contributed by atoms with Gasteiger partial charge in [-0.1, -0.05) is 12.1 Å². The average molecular weight is 379 g/mol. The van der Waals surface area contributed by atoms with Crippen molar-refractivity contribution in [1.29, 1.82) is 0 Å². The van der Waals surface area contributed by atoms with Crippen molar-refractivity contribution in [2.45, 2.75) is 43.5 Å². The molecule has 26 heavy (non-hydrogen) atoms. The first-order valence-electron chi connectivity index (χ1n) is 9.53. The van der Waals surface area contributed by atoms with Crippen LogP contribution in [-0.4, -0.2) is 62.2 Å². The number of likely N-dealkylation sites (tertiary alicyclic amines) is 1. The van der Waals surface area contributed by atoms with Gasteiger partial charge < -0.3 is 15.1 Å². The standard InChI is InChI=1S/C20H31N3O2S/c1-16-9-6-7-13-23(16)14-8-12-21-20(25)17-10-4-5-11-18(17)26-15-19(24)22(2)3/h4-5,10-11,16H,6-9,12-15H2,1-3H3,(H,21,25)/p+1/t16-/m1/s1. The zero-order valence-electron chi connectivity index (χ0n) is 16.2. The van der Waals surface area contributed by atoms with Gasteiger partial charge >= 0.3 is 0 Å². The summed E-state index contributed by atoms with van der Waals surface area (Å²) in [6.45, 7) is 5.41. The molecule has 144 valence electrons. The SMILES string of the molecule is C[C@@H]1CCCC[NH+]1CCCNC(=O)c1ccccc1SCC(=O)N(C)C. The Kier molecular flexibility index (Phi) is 8.45. The van der Waals surface area contributed by atoms with Crippen LogP contribution in [0.4, 0.5) is 0 Å². The number of amides is 2. The van der Waals surface area contributed by atoms with Gasteiger partial charge in [-0.15, -0.1) is 11.8 Å². The van der Waals surface area contributed by atoms with Crippen molar-refractivity contribution in [2.24, 2.45) is 0 Å². The van der Waals surface area contributed by atoms with E-state index in [0.29, 0.717) is 17.9 Å². The summed E-state index contributed by atoms with van der Waals surface area (Å²) in [5.41, 5.74) is 0.655. The van der Waals surface area contributed by atoms with Crippen LogP contribution in [0.25, 0.3) is 0 Å². The van der Waals surface area contributed by atoms with Gasteiger partial charge in [-0.3, -0.25) is 9.59 Å². The summed E-state index contributed by atoms with van der Waals surface area (Å²) < 4.78 is 0. The minimum Gasteiger partial charge on any atom is -0.352 e. The predicted octanol–water partition coefficient (Wildman–Crippen LogP) is 1.44. The third kappa shape index (κ3) is 6.32. The molecule has 1 heterocycles. The first kappa shape index (κ1) is 20.8. The minimum atomic E-state index is -0.0490. The summed E-state index contributed by atoms with van der Waals surface area (Å²) in [5.74, 6) is 0.337. The largest absolute Gasteiger partial charge is 0.352 e. The molecule has 2 N–H and O–H groups in total. The van der Waals surface area contributed by atoms with Crippen LogP contribution in [0.15, 0.2) is 29.2 Å². The number of benzene rings is 1. The van der Waals surface area contributed by atoms with E-state index in [1.165, 1.54) is 37.6 Å². The maximum Gasteiger partial charge on any atom is 0.252 e. The molecule has 1 unspecified atom stereocenters. The van der Waals surface area contributed by atoms with Gasteiger partial charge in [0, 0.05) is 32.0 Å². The second-order valence-corrected chi connectivity index (χ2v) is 8.25. The lowest BCUT2D eigenvalue weighted by atomic mass is 10.0. The molecule has 1 aliphatic rings. The summed E-state index contributed by atoms with van der Waals surface area (Å²) in [4.78, 5) is 28.4. The summed E-state index contributed by atoms with van der Waals surface area (Å²) in [7, 11) is 3.49. The molecule has 0 spiro atoms. The van der Waals surface area contributed by atoms with Crippen LogP contribution in [0, 0.1) is 0 Å². The van der Waals surface area contributed by atoms with Gasteiger partial charge in [0.05, 0.1) is 30.4 Å². The van der Waals surface area contributed by atoms with Crippen LogP contribution in [0.3, 0.4) is 0 Å². The highest BCUT2D eigenvalue weighted by Gasteiger charge is 2.21. The van der Waals surface area contributed by atoms with Crippen molar-refractivity contribution in [3.63, 3.8) is 0 Å². The topological polar surface area (TPSA) is 53.9 Å². The molecule has 0 saturated carbocycles. The van der Waals surface area contributed by atoms with Crippen LogP contribution in [0.1, 0.15) is 43.0 Å². The molecular weight excluding hydrogens is 346 g/mol. The van der Waals surface area contributed by atoms with Crippen LogP contribution in [0.5, 0.6) is 0 Å². The Morgan fingerprint density at radius 3 is 2.77 bits per heavy atom. The second-order valence-electron chi connectivity index (χ2n) is 7.24. The molecule has 0 aromatic heterocycles. The molecule has 2 amide bonds. The maximum absolute atomic E-state index is 12.5. The van der Waals surface area contributed by atoms with E-state index >= 15 is 0 Å². The van der Waals surface area contributed by atoms with E-state index in [-0.39, 0.29) is 11.8 Å². The zero-order chi connectivity index (χ0) is 18.9. The number of piperidine rings is 1. The van der Waals surface area contributed by atoms with Crippen LogP contribution < -0.4 is 10.2 Å². The van der Waals surface area contributed by atoms with E-state index in [0.717, 1.165) is 23.9 Å². The lowest BCUT2D eigenvalue weighted by Gasteiger charge is -2.30. The Hall–Kier alpha value is -1.53. The molecule has 1 aromatic carbocycles. The second kappa shape index (κ2) is 10.6. The number of rotatable bonds is 8. The summed E-state index contributed by atoms with van der Waals surface area (Å²) in [6.07, 6.45) is 4.99. The van der Waals surface area contributed by atoms with E-state index in [4.69, 9.17) is 0 Å². The van der Waals surface area contributed by atoms with Crippen molar-refractivity contribution in [3.8, 4) is 0 Å². The molecule has 0 bridgehead atoms. The molecule has 1 aromatic rings. The molecule has 0 radical (unpaired) electrons. The Morgan fingerprint density at radius 1 is 1.27 bits per heavy atom. The number of carbonyl (C=O) groups is 2. The molecule has 2 rings (SSSR count). The molecule has 2 atom stereocenters. The minimum absolute atomic E-state index is 0.0452. The summed E-state index contributed by atoms with van der Waals surface area (Å²) in [5, 5.41) is 3.04. The van der Waals surface area contributed by atoms with Crippen molar-refractivity contribution in [1.82, 2.24) is 10.2 Å². The molecule has 0 aliphatic carbocycles. The Balaban J connectivity index is 1.80. The Bertz CT molecular complexity index is 606. The maximum atomic E-state index is 12.5. The fourth-order valence-corrected chi connectivity index (χ4v) is 4.31. The zero-order valence-corrected chi connectivity index (χ0v) is 17.0. The van der Waals surface area contributed by atoms with Gasteiger partial charge in [-0.25, -0.2) is 0 Å². The van der Waals surface area contributed by atoms with E-state index in [9.17, 15) is 9.59 Å². The van der Waals surface area contributed by atoms with Gasteiger partial charge in [-0.2, -0.15) is 0 Å². The third-order valence-corrected chi connectivity index (χ3v) is 6.08. The predicted molar refractivity (Wildman–Crippen MR) is 107 cm³/mol. The number of thioether (sulfide) groups is 1. The van der Waals surface area contributed by atoms with Crippen molar-refractivity contribution < 1.29 is 14.5 Å². The first-order chi connectivity index (χ1) is 12.5. The van der Waals surface area contributed by atoms with E-state index in [1.807, 2.05) is 24.3 Å². The number of hydrogen-bond donors (Lipinski definition) is 2. The molecular formula is C20H32N3O2S+. The van der Waals surface area contributed by atoms with Gasteiger partial charge in [0.25, 0.3) is 5.91 Å². The highest BCUT2D eigenvalue weighted by Crippen LogP contribution is 2.22. The number of carbonyl (C=O) groups excluding carboxylic acids is 2. The van der Waals surface area contributed by atoms with Crippen molar-refractivity contribution in [2.75, 3.05) is 39.5 Å². The van der Waals surface area contributed by atoms with E-state index < -0.39 is 0 Å². The fourth-order valence-electron chi connectivity index (χ4n) is 3.29. The van der Waals surface area contributed by atoms with E-state index in [2.05, 4.69) is 12.2 Å². The number of nitrogens with one attached hydrogen (secondary N) is 2. The summed E-state index contributed by atoms with van der Waals surface area (Å²) in [6, 6.07) is 8.25. The summed E-state index contributed by atoms with van der Waals surface area (Å²) >= 11 is 1.42. The van der Waals surface area contributed by atoms with Crippen LogP contribution in [-0.2, 0) is 4.79 Å². The third-order valence-electron chi connectivity index (χ3n) is 5.02. The van der Waals surface area contributed by atoms with Gasteiger partial charge in [-0.05, 0) is 38.3 Å². The molecule has 1 saturated heterocycles. The number of nitrogens with zero attached hydrogens (tertiary/aromatic N) is 1. The number of quaternary nitrogens is 1. The van der Waals surface area contributed by atoms with Gasteiger partial charge in [0.1, 0.15) is 0 Å². The van der Waals surface area contributed by atoms with Gasteiger partial charge in [0.2, 0.25) is 5.91 Å². The smallest absolute Gasteiger partial charge is 0.252 e. The fraction of sp³-hybridized carbons (Fsp3) is 0.600. The highest BCUT2D eigenvalue weighted by atomic mass is 32.2. The molecule has 5 nitrogen and oxygen atoms in total. The Labute approximate surface area is 161 Å². The first-order valence-corrected chi connectivity index (χ1v) is 10.5. The lowest BCUT2D eigenvalue weighted by molar-refractivity contribution is -0.928. The quantitative estimate of drug-likeness (QED) is 0.532. The average Bonchev–Trinajstić information content (AvgIpc) is 2.64.